The van der Waals surface area contributed by atoms with E-state index in [0.717, 1.165) is 16.6 Å². The molecule has 0 fully saturated rings. The van der Waals surface area contributed by atoms with Crippen molar-refractivity contribution in [1.29, 1.82) is 0 Å². The van der Waals surface area contributed by atoms with E-state index in [1.807, 2.05) is 43.3 Å². The first-order chi connectivity index (χ1) is 13.5. The van der Waals surface area contributed by atoms with Crippen molar-refractivity contribution in [3.8, 4) is 5.69 Å². The van der Waals surface area contributed by atoms with Gasteiger partial charge >= 0.3 is 0 Å². The Labute approximate surface area is 161 Å². The average Bonchev–Trinajstić information content (AvgIpc) is 3.27. The number of H-pyrrole nitrogens is 1. The number of carbonyl (C=O) groups is 1. The monoisotopic (exact) mass is 373 g/mol. The predicted molar refractivity (Wildman–Crippen MR) is 106 cm³/mol. The van der Waals surface area contributed by atoms with E-state index >= 15 is 0 Å². The van der Waals surface area contributed by atoms with Crippen LogP contribution in [0.4, 0.5) is 0 Å². The van der Waals surface area contributed by atoms with E-state index in [2.05, 4.69) is 15.1 Å². The maximum absolute atomic E-state index is 12.9. The van der Waals surface area contributed by atoms with Crippen molar-refractivity contribution in [3.05, 3.63) is 88.9 Å². The van der Waals surface area contributed by atoms with Gasteiger partial charge in [0.15, 0.2) is 0 Å². The molecule has 0 spiro atoms. The number of hydrogen-bond donors (Lipinski definition) is 1. The number of carbonyl (C=O) groups excluding carboxylic acids is 1. The molecule has 1 unspecified atom stereocenters. The van der Waals surface area contributed by atoms with Gasteiger partial charge in [-0.3, -0.25) is 9.59 Å². The van der Waals surface area contributed by atoms with Crippen molar-refractivity contribution in [2.75, 3.05) is 7.05 Å². The van der Waals surface area contributed by atoms with Crippen LogP contribution in [0.2, 0.25) is 0 Å². The van der Waals surface area contributed by atoms with Gasteiger partial charge in [0.1, 0.15) is 18.3 Å². The molecule has 0 aliphatic heterocycles. The van der Waals surface area contributed by atoms with Crippen molar-refractivity contribution >= 4 is 16.7 Å². The summed E-state index contributed by atoms with van der Waals surface area (Å²) in [7, 11) is 1.73. The van der Waals surface area contributed by atoms with Gasteiger partial charge in [0.2, 0.25) is 0 Å². The lowest BCUT2D eigenvalue weighted by atomic mass is 10.1. The van der Waals surface area contributed by atoms with E-state index in [9.17, 15) is 9.59 Å². The highest BCUT2D eigenvalue weighted by molar-refractivity contribution is 5.96. The largest absolute Gasteiger partial charge is 0.334 e. The summed E-state index contributed by atoms with van der Waals surface area (Å²) < 4.78 is 1.67. The van der Waals surface area contributed by atoms with Gasteiger partial charge in [-0.25, -0.2) is 9.67 Å². The molecule has 0 saturated heterocycles. The molecule has 7 nitrogen and oxygen atoms in total. The lowest BCUT2D eigenvalue weighted by Gasteiger charge is -2.25. The van der Waals surface area contributed by atoms with E-state index in [1.165, 1.54) is 6.33 Å². The number of aromatic nitrogens is 4. The molecule has 140 valence electrons. The molecule has 0 aliphatic carbocycles. The number of amides is 1. The molecule has 1 amide bonds. The molecule has 0 aliphatic rings. The van der Waals surface area contributed by atoms with Crippen LogP contribution >= 0.6 is 0 Å². The average molecular weight is 373 g/mol. The molecule has 0 saturated carbocycles. The smallest absolute Gasteiger partial charge is 0.270 e. The van der Waals surface area contributed by atoms with Crippen molar-refractivity contribution in [2.24, 2.45) is 0 Å². The number of benzene rings is 2. The van der Waals surface area contributed by atoms with E-state index < -0.39 is 0 Å². The minimum Gasteiger partial charge on any atom is -0.334 e. The highest BCUT2D eigenvalue weighted by Crippen LogP contribution is 2.22. The quantitative estimate of drug-likeness (QED) is 0.596. The molecule has 1 N–H and O–H groups in total. The number of fused-ring (bicyclic) bond motifs is 1. The summed E-state index contributed by atoms with van der Waals surface area (Å²) >= 11 is 0. The number of rotatable bonds is 4. The van der Waals surface area contributed by atoms with Crippen LogP contribution in [0, 0.1) is 0 Å². The second kappa shape index (κ2) is 7.11. The van der Waals surface area contributed by atoms with E-state index in [-0.39, 0.29) is 23.2 Å². The van der Waals surface area contributed by atoms with Crippen molar-refractivity contribution in [1.82, 2.24) is 24.6 Å². The second-order valence-corrected chi connectivity index (χ2v) is 6.62. The van der Waals surface area contributed by atoms with Crippen LogP contribution in [0.15, 0.2) is 72.0 Å². The molecular weight excluding hydrogens is 354 g/mol. The zero-order valence-electron chi connectivity index (χ0n) is 15.5. The normalized spacial score (nSPS) is 12.1. The lowest BCUT2D eigenvalue weighted by molar-refractivity contribution is 0.0736. The fraction of sp³-hybridized carbons (Fsp3) is 0.143. The number of pyridine rings is 1. The third-order valence-electron chi connectivity index (χ3n) is 4.94. The zero-order valence-corrected chi connectivity index (χ0v) is 15.5. The van der Waals surface area contributed by atoms with Gasteiger partial charge in [-0.15, -0.1) is 0 Å². The molecular formula is C21H19N5O2. The molecule has 1 atom stereocenters. The summed E-state index contributed by atoms with van der Waals surface area (Å²) in [6, 6.07) is 16.5. The number of nitrogens with zero attached hydrogens (tertiary/aromatic N) is 4. The first-order valence-corrected chi connectivity index (χ1v) is 8.89. The van der Waals surface area contributed by atoms with E-state index in [4.69, 9.17) is 0 Å². The van der Waals surface area contributed by atoms with Gasteiger partial charge in [-0.05, 0) is 42.1 Å². The Morgan fingerprint density at radius 3 is 2.61 bits per heavy atom. The Bertz CT molecular complexity index is 1180. The van der Waals surface area contributed by atoms with Gasteiger partial charge in [-0.2, -0.15) is 5.10 Å². The third kappa shape index (κ3) is 3.18. The Hall–Kier alpha value is -3.74. The van der Waals surface area contributed by atoms with Crippen molar-refractivity contribution < 1.29 is 4.79 Å². The summed E-state index contributed by atoms with van der Waals surface area (Å²) in [4.78, 5) is 33.5. The predicted octanol–water partition coefficient (Wildman–Crippen LogP) is 2.94. The summed E-state index contributed by atoms with van der Waals surface area (Å²) in [6.07, 6.45) is 3.11. The third-order valence-corrected chi connectivity index (χ3v) is 4.94. The Morgan fingerprint density at radius 1 is 1.14 bits per heavy atom. The van der Waals surface area contributed by atoms with Gasteiger partial charge in [0, 0.05) is 12.4 Å². The van der Waals surface area contributed by atoms with Crippen LogP contribution < -0.4 is 5.56 Å². The van der Waals surface area contributed by atoms with Crippen LogP contribution in [-0.4, -0.2) is 37.6 Å². The van der Waals surface area contributed by atoms with Gasteiger partial charge in [-0.1, -0.05) is 30.3 Å². The minimum atomic E-state index is -0.264. The van der Waals surface area contributed by atoms with Crippen LogP contribution in [0.1, 0.15) is 29.0 Å². The highest BCUT2D eigenvalue weighted by atomic mass is 16.2. The first-order valence-electron chi connectivity index (χ1n) is 8.89. The molecule has 28 heavy (non-hydrogen) atoms. The molecule has 2 aromatic heterocycles. The molecule has 7 heteroatoms. The maximum Gasteiger partial charge on any atom is 0.270 e. The SMILES string of the molecule is CC(c1ccc(-n2cncn2)cc1)N(C)C(=O)c1cc2ccccc2c(=O)[nH]1. The summed E-state index contributed by atoms with van der Waals surface area (Å²) in [5, 5.41) is 5.42. The van der Waals surface area contributed by atoms with E-state index in [1.54, 1.807) is 41.2 Å². The van der Waals surface area contributed by atoms with Crippen LogP contribution in [-0.2, 0) is 0 Å². The standard InChI is InChI=1S/C21H19N5O2/c1-14(15-7-9-17(10-8-15)26-13-22-12-23-26)25(2)21(28)19-11-16-5-3-4-6-18(16)20(27)24-19/h3-14H,1-2H3,(H,24,27). The van der Waals surface area contributed by atoms with Gasteiger partial charge < -0.3 is 9.88 Å². The Kier molecular flexibility index (Phi) is 4.49. The summed E-state index contributed by atoms with van der Waals surface area (Å²) in [5.41, 5.74) is 1.88. The fourth-order valence-corrected chi connectivity index (χ4v) is 3.16. The van der Waals surface area contributed by atoms with Crippen LogP contribution in [0.5, 0.6) is 0 Å². The summed E-state index contributed by atoms with van der Waals surface area (Å²) in [5.74, 6) is -0.240. The van der Waals surface area contributed by atoms with Crippen LogP contribution in [0.25, 0.3) is 16.5 Å². The Morgan fingerprint density at radius 2 is 1.89 bits per heavy atom. The van der Waals surface area contributed by atoms with Gasteiger partial charge in [0.25, 0.3) is 11.5 Å². The zero-order chi connectivity index (χ0) is 19.7. The molecule has 2 aromatic carbocycles. The van der Waals surface area contributed by atoms with Gasteiger partial charge in [0.05, 0.1) is 11.7 Å². The second-order valence-electron chi connectivity index (χ2n) is 6.62. The number of aromatic amines is 1. The fourth-order valence-electron chi connectivity index (χ4n) is 3.16. The minimum absolute atomic E-state index is 0.174. The molecule has 0 bridgehead atoms. The molecule has 4 aromatic rings. The van der Waals surface area contributed by atoms with Crippen molar-refractivity contribution in [2.45, 2.75) is 13.0 Å². The maximum atomic E-state index is 12.9. The lowest BCUT2D eigenvalue weighted by Crippen LogP contribution is -2.31. The summed E-state index contributed by atoms with van der Waals surface area (Å²) in [6.45, 7) is 1.95. The van der Waals surface area contributed by atoms with E-state index in [0.29, 0.717) is 5.39 Å². The first kappa shape index (κ1) is 17.7. The molecule has 2 heterocycles. The number of nitrogens with one attached hydrogen (secondary N) is 1. The highest BCUT2D eigenvalue weighted by Gasteiger charge is 2.20. The molecule has 4 rings (SSSR count). The van der Waals surface area contributed by atoms with Crippen LogP contribution in [0.3, 0.4) is 0 Å². The number of hydrogen-bond acceptors (Lipinski definition) is 4. The topological polar surface area (TPSA) is 83.9 Å². The molecule has 0 radical (unpaired) electrons. The Balaban J connectivity index is 1.59. The van der Waals surface area contributed by atoms with Crippen molar-refractivity contribution in [3.63, 3.8) is 0 Å².